The van der Waals surface area contributed by atoms with Gasteiger partial charge in [0.2, 0.25) is 11.8 Å². The Balaban J connectivity index is 1.43. The number of nitrogens with zero attached hydrogens (tertiary/aromatic N) is 3. The zero-order valence-electron chi connectivity index (χ0n) is 27.3. The van der Waals surface area contributed by atoms with Gasteiger partial charge in [0.1, 0.15) is 24.2 Å². The number of hydrogen-bond acceptors (Lipinski definition) is 8. The summed E-state index contributed by atoms with van der Waals surface area (Å²) in [6.07, 6.45) is 4.15. The SMILES string of the molecule is CC[C@@H]1[C@@H]2CN(C(=O)[C@H](C(C)(C)C)CC(=O)O[C@@H]3CCC[C@H]3CCC3CC3C(F)(F)c3nc4ccc(OC)cc4nc3O2)[C@@H]1C=O. The lowest BCUT2D eigenvalue weighted by molar-refractivity contribution is -0.157. The number of alkyl halides is 2. The third-order valence-corrected chi connectivity index (χ3v) is 10.8. The van der Waals surface area contributed by atoms with Crippen LogP contribution in [0.3, 0.4) is 0 Å². The van der Waals surface area contributed by atoms with E-state index in [4.69, 9.17) is 14.2 Å². The van der Waals surface area contributed by atoms with Gasteiger partial charge >= 0.3 is 5.97 Å². The molecular weight excluding hydrogens is 596 g/mol. The first-order valence-corrected chi connectivity index (χ1v) is 16.7. The lowest BCUT2D eigenvalue weighted by atomic mass is 9.77. The number of aldehydes is 1. The Kier molecular flexibility index (Phi) is 8.74. The van der Waals surface area contributed by atoms with Gasteiger partial charge in [0.25, 0.3) is 5.92 Å². The van der Waals surface area contributed by atoms with Crippen molar-refractivity contribution in [3.63, 3.8) is 0 Å². The van der Waals surface area contributed by atoms with Crippen LogP contribution in [0.4, 0.5) is 8.78 Å². The first kappa shape index (κ1) is 32.6. The van der Waals surface area contributed by atoms with Gasteiger partial charge in [0.15, 0.2) is 5.69 Å². The van der Waals surface area contributed by atoms with Crippen LogP contribution < -0.4 is 9.47 Å². The van der Waals surface area contributed by atoms with Crippen LogP contribution in [0.1, 0.15) is 84.8 Å². The van der Waals surface area contributed by atoms with Crippen molar-refractivity contribution < 1.29 is 37.4 Å². The number of methoxy groups -OCH3 is 1. The number of carbonyl (C=O) groups is 3. The van der Waals surface area contributed by atoms with E-state index >= 15 is 8.78 Å². The van der Waals surface area contributed by atoms with Crippen LogP contribution in [0.5, 0.6) is 11.6 Å². The van der Waals surface area contributed by atoms with Crippen LogP contribution in [-0.2, 0) is 25.0 Å². The highest BCUT2D eigenvalue weighted by Crippen LogP contribution is 2.58. The molecule has 6 rings (SSSR count). The number of hydrogen-bond donors (Lipinski definition) is 0. The molecule has 46 heavy (non-hydrogen) atoms. The Bertz CT molecular complexity index is 1490. The van der Waals surface area contributed by atoms with E-state index in [0.717, 1.165) is 25.5 Å². The maximum Gasteiger partial charge on any atom is 0.306 e. The number of halogens is 2. The largest absolute Gasteiger partial charge is 0.497 e. The van der Waals surface area contributed by atoms with Gasteiger partial charge in [-0.25, -0.2) is 9.97 Å². The van der Waals surface area contributed by atoms with E-state index in [9.17, 15) is 14.4 Å². The third kappa shape index (κ3) is 6.06. The summed E-state index contributed by atoms with van der Waals surface area (Å²) in [7, 11) is 1.51. The van der Waals surface area contributed by atoms with Gasteiger partial charge in [-0.3, -0.25) is 9.59 Å². The molecular formula is C35H45F2N3O6. The molecule has 1 saturated heterocycles. The maximum atomic E-state index is 16.5. The van der Waals surface area contributed by atoms with Crippen molar-refractivity contribution in [3.8, 4) is 11.6 Å². The zero-order valence-corrected chi connectivity index (χ0v) is 27.3. The van der Waals surface area contributed by atoms with E-state index in [0.29, 0.717) is 42.5 Å². The Labute approximate surface area is 268 Å². The molecule has 0 N–H and O–H groups in total. The summed E-state index contributed by atoms with van der Waals surface area (Å²) in [4.78, 5) is 50.6. The summed E-state index contributed by atoms with van der Waals surface area (Å²) in [6.45, 7) is 7.54. The third-order valence-electron chi connectivity index (χ3n) is 10.8. The van der Waals surface area contributed by atoms with Crippen LogP contribution in [-0.4, -0.2) is 64.9 Å². The molecule has 250 valence electrons. The minimum absolute atomic E-state index is 0.0119. The number of carbonyl (C=O) groups excluding carboxylic acids is 3. The monoisotopic (exact) mass is 641 g/mol. The summed E-state index contributed by atoms with van der Waals surface area (Å²) in [5.74, 6) is -6.13. The zero-order chi connectivity index (χ0) is 33.0. The van der Waals surface area contributed by atoms with E-state index in [1.54, 1.807) is 18.2 Å². The fourth-order valence-corrected chi connectivity index (χ4v) is 7.98. The van der Waals surface area contributed by atoms with Crippen LogP contribution in [0.25, 0.3) is 11.0 Å². The van der Waals surface area contributed by atoms with E-state index in [1.807, 2.05) is 27.7 Å². The number of ether oxygens (including phenoxy) is 3. The molecule has 8 atom stereocenters. The molecule has 1 amide bonds. The predicted molar refractivity (Wildman–Crippen MR) is 165 cm³/mol. The van der Waals surface area contributed by atoms with Crippen molar-refractivity contribution in [1.29, 1.82) is 0 Å². The summed E-state index contributed by atoms with van der Waals surface area (Å²) in [6, 6.07) is 4.03. The first-order valence-electron chi connectivity index (χ1n) is 16.7. The van der Waals surface area contributed by atoms with Crippen LogP contribution >= 0.6 is 0 Å². The van der Waals surface area contributed by atoms with Gasteiger partial charge in [0.05, 0.1) is 43.1 Å². The van der Waals surface area contributed by atoms with Gasteiger partial charge in [0, 0.05) is 17.9 Å². The highest BCUT2D eigenvalue weighted by atomic mass is 19.3. The minimum Gasteiger partial charge on any atom is -0.497 e. The average Bonchev–Trinajstić information content (AvgIpc) is 3.55. The predicted octanol–water partition coefficient (Wildman–Crippen LogP) is 6.11. The van der Waals surface area contributed by atoms with E-state index in [2.05, 4.69) is 9.97 Å². The second-order valence-electron chi connectivity index (χ2n) is 14.7. The number of esters is 1. The van der Waals surface area contributed by atoms with Crippen molar-refractivity contribution in [2.45, 2.75) is 103 Å². The molecule has 2 aromatic rings. The quantitative estimate of drug-likeness (QED) is 0.292. The Morgan fingerprint density at radius 3 is 2.50 bits per heavy atom. The molecule has 11 heteroatoms. The lowest BCUT2D eigenvalue weighted by Gasteiger charge is -2.34. The molecule has 2 aliphatic carbocycles. The lowest BCUT2D eigenvalue weighted by Crippen LogP contribution is -2.46. The molecule has 4 aliphatic rings. The Morgan fingerprint density at radius 1 is 1.04 bits per heavy atom. The normalized spacial score (nSPS) is 33.2. The van der Waals surface area contributed by atoms with Crippen molar-refractivity contribution in [1.82, 2.24) is 14.9 Å². The second-order valence-corrected chi connectivity index (χ2v) is 14.7. The maximum absolute atomic E-state index is 16.5. The number of fused-ring (bicyclic) bond motifs is 6. The first-order chi connectivity index (χ1) is 21.8. The minimum atomic E-state index is -3.31. The second kappa shape index (κ2) is 12.3. The molecule has 0 radical (unpaired) electrons. The fraction of sp³-hybridized carbons (Fsp3) is 0.686. The van der Waals surface area contributed by atoms with Crippen LogP contribution in [0.2, 0.25) is 0 Å². The van der Waals surface area contributed by atoms with Crippen LogP contribution in [0.15, 0.2) is 18.2 Å². The molecule has 3 fully saturated rings. The van der Waals surface area contributed by atoms with E-state index in [1.165, 1.54) is 12.0 Å². The van der Waals surface area contributed by atoms with Crippen LogP contribution in [0, 0.1) is 35.0 Å². The topological polar surface area (TPSA) is 108 Å². The summed E-state index contributed by atoms with van der Waals surface area (Å²) in [5, 5.41) is 0. The number of rotatable bonds is 3. The van der Waals surface area contributed by atoms with Gasteiger partial charge in [-0.05, 0) is 74.3 Å². The standard InChI is InChI=1S/C35H45F2N3O6/c1-6-22-27(18-41)40-17-29(22)46-32-31(38-25-13-12-21(44-5)15-26(25)39-32)35(36,37)23-14-20(23)11-10-19-8-7-9-28(19)45-30(42)16-24(33(40)43)34(2,3)4/h12-13,15,18-20,22-24,27-29H,6-11,14,16-17H2,1-5H3/t19-,20?,22-,23?,24+,27+,28+,29-/m0/s1. The average molecular weight is 642 g/mol. The smallest absolute Gasteiger partial charge is 0.306 e. The fourth-order valence-electron chi connectivity index (χ4n) is 7.98. The molecule has 1 aromatic heterocycles. The Hall–Kier alpha value is -3.37. The van der Waals surface area contributed by atoms with Gasteiger partial charge in [-0.2, -0.15) is 8.78 Å². The number of aromatic nitrogens is 2. The molecule has 2 unspecified atom stereocenters. The summed E-state index contributed by atoms with van der Waals surface area (Å²) >= 11 is 0. The Morgan fingerprint density at radius 2 is 1.80 bits per heavy atom. The van der Waals surface area contributed by atoms with Crippen molar-refractivity contribution in [2.24, 2.45) is 35.0 Å². The molecule has 2 saturated carbocycles. The highest BCUT2D eigenvalue weighted by Gasteiger charge is 2.58. The van der Waals surface area contributed by atoms with Gasteiger partial charge < -0.3 is 23.9 Å². The number of benzene rings is 1. The summed E-state index contributed by atoms with van der Waals surface area (Å²) < 4.78 is 50.6. The molecule has 2 bridgehead atoms. The summed E-state index contributed by atoms with van der Waals surface area (Å²) in [5.41, 5.74) is -0.486. The van der Waals surface area contributed by atoms with Gasteiger partial charge in [-0.1, -0.05) is 27.7 Å². The molecule has 0 spiro atoms. The number of amides is 1. The molecule has 3 heterocycles. The molecule has 1 aromatic carbocycles. The highest BCUT2D eigenvalue weighted by molar-refractivity contribution is 5.87. The van der Waals surface area contributed by atoms with E-state index < -0.39 is 52.9 Å². The van der Waals surface area contributed by atoms with Gasteiger partial charge in [-0.15, -0.1) is 0 Å². The molecule has 2 aliphatic heterocycles. The van der Waals surface area contributed by atoms with Crippen molar-refractivity contribution in [2.75, 3.05) is 13.7 Å². The van der Waals surface area contributed by atoms with Crippen molar-refractivity contribution in [3.05, 3.63) is 23.9 Å². The van der Waals surface area contributed by atoms with E-state index in [-0.39, 0.29) is 42.7 Å². The van der Waals surface area contributed by atoms with Crippen molar-refractivity contribution >= 4 is 29.2 Å². The molecule has 9 nitrogen and oxygen atoms in total.